The van der Waals surface area contributed by atoms with Gasteiger partial charge >= 0.3 is 5.69 Å². The molecule has 0 unspecified atom stereocenters. The summed E-state index contributed by atoms with van der Waals surface area (Å²) in [5.41, 5.74) is 2.18. The Kier molecular flexibility index (Phi) is 3.61. The maximum Gasteiger partial charge on any atom is 0.332 e. The maximum atomic E-state index is 12.7. The SMILES string of the molecule is CC(C)Cn1c(-c2ccccc2)cn2c3c(=O)n(C)c(=O)n(C)c3nc12. The molecular weight excluding hydrogens is 330 g/mol. The van der Waals surface area contributed by atoms with Crippen LogP contribution in [0, 0.1) is 5.92 Å². The zero-order chi connectivity index (χ0) is 18.6. The number of aromatic nitrogens is 5. The zero-order valence-electron chi connectivity index (χ0n) is 15.3. The number of fused-ring (bicyclic) bond motifs is 3. The molecule has 0 N–H and O–H groups in total. The summed E-state index contributed by atoms with van der Waals surface area (Å²) in [5.74, 6) is 1.07. The van der Waals surface area contributed by atoms with E-state index < -0.39 is 0 Å². The van der Waals surface area contributed by atoms with Gasteiger partial charge in [0.15, 0.2) is 11.2 Å². The summed E-state index contributed by atoms with van der Waals surface area (Å²) >= 11 is 0. The molecule has 0 aliphatic heterocycles. The standard InChI is InChI=1S/C19H21N5O2/c1-12(2)10-23-14(13-8-6-5-7-9-13)11-24-15-16(20-18(23)24)21(3)19(26)22(4)17(15)25/h5-9,11-12H,10H2,1-4H3. The highest BCUT2D eigenvalue weighted by molar-refractivity contribution is 5.78. The Morgan fingerprint density at radius 3 is 2.38 bits per heavy atom. The van der Waals surface area contributed by atoms with Crippen molar-refractivity contribution < 1.29 is 0 Å². The van der Waals surface area contributed by atoms with Crippen LogP contribution in [0.25, 0.3) is 28.2 Å². The van der Waals surface area contributed by atoms with Gasteiger partial charge in [0.2, 0.25) is 5.78 Å². The molecule has 0 bridgehead atoms. The predicted octanol–water partition coefficient (Wildman–Crippen LogP) is 2.01. The molecular formula is C19H21N5O2. The van der Waals surface area contributed by atoms with E-state index in [1.54, 1.807) is 7.05 Å². The molecule has 0 atom stereocenters. The normalized spacial score (nSPS) is 11.9. The van der Waals surface area contributed by atoms with E-state index in [0.717, 1.165) is 22.4 Å². The Morgan fingerprint density at radius 1 is 1.04 bits per heavy atom. The second-order valence-electron chi connectivity index (χ2n) is 7.04. The molecule has 0 amide bonds. The van der Waals surface area contributed by atoms with Gasteiger partial charge < -0.3 is 4.57 Å². The van der Waals surface area contributed by atoms with Gasteiger partial charge in [-0.1, -0.05) is 44.2 Å². The van der Waals surface area contributed by atoms with E-state index in [1.807, 2.05) is 40.9 Å². The minimum absolute atomic E-state index is 0.336. The van der Waals surface area contributed by atoms with Crippen molar-refractivity contribution in [1.29, 1.82) is 0 Å². The summed E-state index contributed by atoms with van der Waals surface area (Å²) in [7, 11) is 3.13. The molecule has 134 valence electrons. The fourth-order valence-electron chi connectivity index (χ4n) is 3.40. The number of nitrogens with zero attached hydrogens (tertiary/aromatic N) is 5. The Hall–Kier alpha value is -3.09. The van der Waals surface area contributed by atoms with Crippen molar-refractivity contribution in [2.45, 2.75) is 20.4 Å². The average Bonchev–Trinajstić information content (AvgIpc) is 3.16. The van der Waals surface area contributed by atoms with Crippen LogP contribution in [-0.2, 0) is 20.6 Å². The molecule has 1 aromatic carbocycles. The molecule has 7 heteroatoms. The van der Waals surface area contributed by atoms with Crippen molar-refractivity contribution in [3.8, 4) is 11.3 Å². The van der Waals surface area contributed by atoms with E-state index in [0.29, 0.717) is 22.9 Å². The van der Waals surface area contributed by atoms with Crippen LogP contribution in [-0.4, -0.2) is 23.1 Å². The van der Waals surface area contributed by atoms with Crippen LogP contribution < -0.4 is 11.2 Å². The Balaban J connectivity index is 2.16. The zero-order valence-corrected chi connectivity index (χ0v) is 15.3. The second kappa shape index (κ2) is 5.72. The van der Waals surface area contributed by atoms with Crippen LogP contribution in [0.3, 0.4) is 0 Å². The first-order valence-corrected chi connectivity index (χ1v) is 8.63. The number of benzene rings is 1. The largest absolute Gasteiger partial charge is 0.332 e. The lowest BCUT2D eigenvalue weighted by Crippen LogP contribution is -2.37. The topological polar surface area (TPSA) is 66.2 Å². The van der Waals surface area contributed by atoms with Gasteiger partial charge in [-0.3, -0.25) is 18.3 Å². The molecule has 4 aromatic rings. The summed E-state index contributed by atoms with van der Waals surface area (Å²) < 4.78 is 6.47. The van der Waals surface area contributed by atoms with Gasteiger partial charge in [-0.05, 0) is 11.5 Å². The predicted molar refractivity (Wildman–Crippen MR) is 101 cm³/mol. The minimum atomic E-state index is -0.373. The van der Waals surface area contributed by atoms with Crippen molar-refractivity contribution in [3.05, 3.63) is 57.4 Å². The maximum absolute atomic E-state index is 12.7. The van der Waals surface area contributed by atoms with Crippen molar-refractivity contribution in [2.24, 2.45) is 20.0 Å². The van der Waals surface area contributed by atoms with Gasteiger partial charge in [-0.15, -0.1) is 0 Å². The lowest BCUT2D eigenvalue weighted by Gasteiger charge is -2.11. The molecule has 0 saturated heterocycles. The van der Waals surface area contributed by atoms with E-state index in [4.69, 9.17) is 0 Å². The van der Waals surface area contributed by atoms with Gasteiger partial charge in [-0.2, -0.15) is 4.98 Å². The lowest BCUT2D eigenvalue weighted by atomic mass is 10.1. The summed E-state index contributed by atoms with van der Waals surface area (Å²) in [6.45, 7) is 5.05. The molecule has 0 saturated carbocycles. The van der Waals surface area contributed by atoms with E-state index >= 15 is 0 Å². The van der Waals surface area contributed by atoms with Gasteiger partial charge in [-0.25, -0.2) is 4.79 Å². The molecule has 0 radical (unpaired) electrons. The Labute approximate surface area is 149 Å². The van der Waals surface area contributed by atoms with E-state index in [2.05, 4.69) is 23.4 Å². The van der Waals surface area contributed by atoms with Gasteiger partial charge in [0.25, 0.3) is 5.56 Å². The third kappa shape index (κ3) is 2.23. The van der Waals surface area contributed by atoms with Crippen LogP contribution in [0.15, 0.2) is 46.1 Å². The number of rotatable bonds is 3. The van der Waals surface area contributed by atoms with E-state index in [9.17, 15) is 9.59 Å². The molecule has 26 heavy (non-hydrogen) atoms. The molecule has 0 fully saturated rings. The highest BCUT2D eigenvalue weighted by Gasteiger charge is 2.21. The summed E-state index contributed by atoms with van der Waals surface area (Å²) in [5, 5.41) is 0. The second-order valence-corrected chi connectivity index (χ2v) is 7.04. The molecule has 3 heterocycles. The number of hydrogen-bond donors (Lipinski definition) is 0. The first-order valence-electron chi connectivity index (χ1n) is 8.63. The van der Waals surface area contributed by atoms with Crippen molar-refractivity contribution in [2.75, 3.05) is 0 Å². The van der Waals surface area contributed by atoms with Gasteiger partial charge in [0, 0.05) is 26.8 Å². The van der Waals surface area contributed by atoms with Crippen LogP contribution >= 0.6 is 0 Å². The number of hydrogen-bond acceptors (Lipinski definition) is 3. The van der Waals surface area contributed by atoms with Crippen LogP contribution in [0.1, 0.15) is 13.8 Å². The van der Waals surface area contributed by atoms with Gasteiger partial charge in [0.1, 0.15) is 0 Å². The number of imidazole rings is 2. The van der Waals surface area contributed by atoms with Crippen LogP contribution in [0.4, 0.5) is 0 Å². The molecule has 0 spiro atoms. The number of aryl methyl sites for hydroxylation is 1. The van der Waals surface area contributed by atoms with E-state index in [1.165, 1.54) is 11.6 Å². The molecule has 3 aromatic heterocycles. The fraction of sp³-hybridized carbons (Fsp3) is 0.316. The van der Waals surface area contributed by atoms with E-state index in [-0.39, 0.29) is 11.2 Å². The molecule has 0 aliphatic rings. The quantitative estimate of drug-likeness (QED) is 0.567. The molecule has 7 nitrogen and oxygen atoms in total. The highest BCUT2D eigenvalue weighted by Crippen LogP contribution is 2.26. The first-order chi connectivity index (χ1) is 12.4. The fourth-order valence-corrected chi connectivity index (χ4v) is 3.40. The van der Waals surface area contributed by atoms with Crippen molar-refractivity contribution in [3.63, 3.8) is 0 Å². The Morgan fingerprint density at radius 2 is 1.73 bits per heavy atom. The third-order valence-corrected chi connectivity index (χ3v) is 4.67. The average molecular weight is 351 g/mol. The van der Waals surface area contributed by atoms with Gasteiger partial charge in [0.05, 0.1) is 5.69 Å². The van der Waals surface area contributed by atoms with Crippen LogP contribution in [0.5, 0.6) is 0 Å². The monoisotopic (exact) mass is 351 g/mol. The Bertz CT molecular complexity index is 1240. The smallest absolute Gasteiger partial charge is 0.309 e. The lowest BCUT2D eigenvalue weighted by molar-refractivity contribution is 0.535. The summed E-state index contributed by atoms with van der Waals surface area (Å²) in [6, 6.07) is 10.0. The molecule has 0 aliphatic carbocycles. The summed E-state index contributed by atoms with van der Waals surface area (Å²) in [6.07, 6.45) is 1.94. The highest BCUT2D eigenvalue weighted by atomic mass is 16.2. The van der Waals surface area contributed by atoms with Crippen LogP contribution in [0.2, 0.25) is 0 Å². The minimum Gasteiger partial charge on any atom is -0.309 e. The first kappa shape index (κ1) is 16.4. The summed E-state index contributed by atoms with van der Waals surface area (Å²) in [4.78, 5) is 29.6. The third-order valence-electron chi connectivity index (χ3n) is 4.67. The van der Waals surface area contributed by atoms with Crippen molar-refractivity contribution >= 4 is 16.9 Å². The molecule has 4 rings (SSSR count). The van der Waals surface area contributed by atoms with Crippen molar-refractivity contribution in [1.82, 2.24) is 23.1 Å².